The third kappa shape index (κ3) is 12.7. The molecule has 0 amide bonds. The molecular weight excluding hydrogens is 668 g/mol. The van der Waals surface area contributed by atoms with E-state index in [1.165, 1.54) is 0 Å². The summed E-state index contributed by atoms with van der Waals surface area (Å²) < 4.78 is 35.2. The SMILES string of the molecule is C=CCC(Oc1ccc(OC2CCCCO2)cc1)c1ccc(C#N)cc1.N#Cc1ccc(C(CCCO)Oc2ccc(OC3CCCCO3)cc2)cc1. The molecule has 0 aromatic heterocycles. The van der Waals surface area contributed by atoms with E-state index in [9.17, 15) is 5.11 Å². The van der Waals surface area contributed by atoms with Gasteiger partial charge in [0.25, 0.3) is 0 Å². The van der Waals surface area contributed by atoms with Crippen molar-refractivity contribution in [3.63, 3.8) is 0 Å². The predicted molar refractivity (Wildman–Crippen MR) is 202 cm³/mol. The van der Waals surface area contributed by atoms with E-state index in [2.05, 4.69) is 18.7 Å². The summed E-state index contributed by atoms with van der Waals surface area (Å²) in [5.41, 5.74) is 3.25. The number of hydrogen-bond donors (Lipinski definition) is 1. The molecule has 2 aliphatic heterocycles. The van der Waals surface area contributed by atoms with Crippen LogP contribution >= 0.6 is 0 Å². The summed E-state index contributed by atoms with van der Waals surface area (Å²) in [7, 11) is 0. The number of ether oxygens (including phenoxy) is 6. The Morgan fingerprint density at radius 1 is 0.642 bits per heavy atom. The Morgan fingerprint density at radius 3 is 1.47 bits per heavy atom. The minimum Gasteiger partial charge on any atom is -0.486 e. The summed E-state index contributed by atoms with van der Waals surface area (Å²) in [4.78, 5) is 0. The second-order valence-corrected chi connectivity index (χ2v) is 12.8. The van der Waals surface area contributed by atoms with Crippen LogP contribution in [0.25, 0.3) is 0 Å². The lowest BCUT2D eigenvalue weighted by atomic mass is 10.0. The topological polar surface area (TPSA) is 123 Å². The molecule has 4 atom stereocenters. The lowest BCUT2D eigenvalue weighted by Gasteiger charge is -2.24. The van der Waals surface area contributed by atoms with Gasteiger partial charge in [-0.25, -0.2) is 0 Å². The Balaban J connectivity index is 0.000000204. The van der Waals surface area contributed by atoms with Gasteiger partial charge in [-0.15, -0.1) is 6.58 Å². The highest BCUT2D eigenvalue weighted by molar-refractivity contribution is 5.36. The second-order valence-electron chi connectivity index (χ2n) is 12.8. The molecule has 9 nitrogen and oxygen atoms in total. The highest BCUT2D eigenvalue weighted by atomic mass is 16.7. The van der Waals surface area contributed by atoms with E-state index in [1.54, 1.807) is 24.3 Å². The smallest absolute Gasteiger partial charge is 0.199 e. The average molecular weight is 717 g/mol. The predicted octanol–water partition coefficient (Wildman–Crippen LogP) is 9.52. The number of benzene rings is 4. The third-order valence-corrected chi connectivity index (χ3v) is 8.84. The molecule has 0 radical (unpaired) electrons. The summed E-state index contributed by atoms with van der Waals surface area (Å²) in [6, 6.07) is 34.2. The number of rotatable bonds is 15. The molecular formula is C44H48N2O7. The first kappa shape index (κ1) is 38.9. The van der Waals surface area contributed by atoms with Gasteiger partial charge < -0.3 is 33.5 Å². The number of nitriles is 2. The first-order valence-electron chi connectivity index (χ1n) is 18.4. The van der Waals surface area contributed by atoms with Crippen LogP contribution in [0.3, 0.4) is 0 Å². The van der Waals surface area contributed by atoms with Crippen LogP contribution < -0.4 is 18.9 Å². The normalized spacial score (nSPS) is 17.7. The fraction of sp³-hybridized carbons (Fsp3) is 0.364. The van der Waals surface area contributed by atoms with E-state index in [0.717, 1.165) is 85.9 Å². The van der Waals surface area contributed by atoms with Crippen LogP contribution in [0.2, 0.25) is 0 Å². The zero-order chi connectivity index (χ0) is 37.1. The Morgan fingerprint density at radius 2 is 1.08 bits per heavy atom. The van der Waals surface area contributed by atoms with Crippen molar-refractivity contribution in [2.45, 2.75) is 82.6 Å². The fourth-order valence-corrected chi connectivity index (χ4v) is 5.95. The highest BCUT2D eigenvalue weighted by Crippen LogP contribution is 2.30. The molecule has 4 aromatic rings. The summed E-state index contributed by atoms with van der Waals surface area (Å²) >= 11 is 0. The van der Waals surface area contributed by atoms with Crippen LogP contribution in [0.1, 0.15) is 92.2 Å². The van der Waals surface area contributed by atoms with Crippen LogP contribution in [0.15, 0.2) is 110 Å². The average Bonchev–Trinajstić information content (AvgIpc) is 3.22. The molecule has 0 saturated carbocycles. The molecule has 0 bridgehead atoms. The Labute approximate surface area is 312 Å². The van der Waals surface area contributed by atoms with Gasteiger partial charge >= 0.3 is 0 Å². The molecule has 53 heavy (non-hydrogen) atoms. The summed E-state index contributed by atoms with van der Waals surface area (Å²) in [5.74, 6) is 3.04. The number of hydrogen-bond acceptors (Lipinski definition) is 9. The number of aliphatic hydroxyl groups excluding tert-OH is 1. The van der Waals surface area contributed by atoms with Crippen molar-refractivity contribution in [2.75, 3.05) is 19.8 Å². The van der Waals surface area contributed by atoms with Gasteiger partial charge in [-0.3, -0.25) is 0 Å². The largest absolute Gasteiger partial charge is 0.486 e. The standard InChI is InChI=1S/C22H25NO4.C22H23NO3/c23-16-17-6-8-18(9-7-17)21(4-3-14-24)26-19-10-12-20(13-11-19)27-22-5-1-2-15-25-22;1-2-5-21(18-9-7-17(16-23)8-10-18)25-19-11-13-20(14-12-19)26-22-6-3-4-15-24-22/h6-13,21-22,24H,1-5,14-15H2;2,7-14,21-22H,1,3-6,15H2. The van der Waals surface area contributed by atoms with Crippen LogP contribution in [0.4, 0.5) is 0 Å². The molecule has 6 rings (SSSR count). The van der Waals surface area contributed by atoms with Gasteiger partial charge in [0.15, 0.2) is 12.6 Å². The van der Waals surface area contributed by atoms with E-state index in [1.807, 2.05) is 78.9 Å². The fourth-order valence-electron chi connectivity index (χ4n) is 5.95. The lowest BCUT2D eigenvalue weighted by molar-refractivity contribution is -0.106. The molecule has 1 N–H and O–H groups in total. The number of aliphatic hydroxyl groups is 1. The molecule has 9 heteroatoms. The molecule has 0 spiro atoms. The maximum atomic E-state index is 9.18. The van der Waals surface area contributed by atoms with Crippen LogP contribution in [0, 0.1) is 22.7 Å². The number of nitrogens with zero attached hydrogens (tertiary/aromatic N) is 2. The highest BCUT2D eigenvalue weighted by Gasteiger charge is 2.18. The van der Waals surface area contributed by atoms with E-state index < -0.39 is 0 Å². The van der Waals surface area contributed by atoms with E-state index in [0.29, 0.717) is 30.4 Å². The van der Waals surface area contributed by atoms with E-state index >= 15 is 0 Å². The van der Waals surface area contributed by atoms with Crippen molar-refractivity contribution in [3.8, 4) is 35.1 Å². The lowest BCUT2D eigenvalue weighted by Crippen LogP contribution is -2.24. The van der Waals surface area contributed by atoms with Crippen LogP contribution in [-0.4, -0.2) is 37.5 Å². The summed E-state index contributed by atoms with van der Waals surface area (Å²) in [5, 5.41) is 27.1. The van der Waals surface area contributed by atoms with Gasteiger partial charge in [0.1, 0.15) is 35.2 Å². The van der Waals surface area contributed by atoms with Crippen molar-refractivity contribution in [3.05, 3.63) is 132 Å². The van der Waals surface area contributed by atoms with Gasteiger partial charge in [0.2, 0.25) is 0 Å². The third-order valence-electron chi connectivity index (χ3n) is 8.84. The molecule has 4 unspecified atom stereocenters. The van der Waals surface area contributed by atoms with Gasteiger partial charge in [-0.05, 0) is 122 Å². The first-order chi connectivity index (χ1) is 26.1. The molecule has 2 saturated heterocycles. The minimum atomic E-state index is -0.182. The zero-order valence-electron chi connectivity index (χ0n) is 30.1. The maximum Gasteiger partial charge on any atom is 0.199 e. The quantitative estimate of drug-likeness (QED) is 0.120. The Kier molecular flexibility index (Phi) is 15.6. The Bertz CT molecular complexity index is 1730. The molecule has 2 fully saturated rings. The van der Waals surface area contributed by atoms with E-state index in [-0.39, 0.29) is 31.4 Å². The summed E-state index contributed by atoms with van der Waals surface area (Å²) in [6.07, 6.45) is 9.52. The van der Waals surface area contributed by atoms with Gasteiger partial charge in [0.05, 0.1) is 36.5 Å². The van der Waals surface area contributed by atoms with Gasteiger partial charge in [-0.2, -0.15) is 10.5 Å². The molecule has 2 aliphatic rings. The van der Waals surface area contributed by atoms with Gasteiger partial charge in [0, 0.05) is 25.9 Å². The minimum absolute atomic E-state index is 0.115. The Hall–Kier alpha value is -5.32. The van der Waals surface area contributed by atoms with Crippen molar-refractivity contribution in [2.24, 2.45) is 0 Å². The molecule has 0 aliphatic carbocycles. The van der Waals surface area contributed by atoms with Crippen molar-refractivity contribution in [1.82, 2.24) is 0 Å². The summed E-state index contributed by atoms with van der Waals surface area (Å²) in [6.45, 7) is 5.45. The second kappa shape index (κ2) is 21.3. The van der Waals surface area contributed by atoms with E-state index in [4.69, 9.17) is 38.9 Å². The van der Waals surface area contributed by atoms with Crippen molar-refractivity contribution in [1.29, 1.82) is 10.5 Å². The molecule has 2 heterocycles. The zero-order valence-corrected chi connectivity index (χ0v) is 30.1. The van der Waals surface area contributed by atoms with Crippen LogP contribution in [-0.2, 0) is 9.47 Å². The molecule has 4 aromatic carbocycles. The first-order valence-corrected chi connectivity index (χ1v) is 18.4. The van der Waals surface area contributed by atoms with Crippen molar-refractivity contribution < 1.29 is 33.5 Å². The van der Waals surface area contributed by atoms with Crippen LogP contribution in [0.5, 0.6) is 23.0 Å². The maximum absolute atomic E-state index is 9.18. The van der Waals surface area contributed by atoms with Gasteiger partial charge in [-0.1, -0.05) is 30.3 Å². The molecule has 276 valence electrons. The van der Waals surface area contributed by atoms with Crippen molar-refractivity contribution >= 4 is 0 Å². The monoisotopic (exact) mass is 716 g/mol.